The summed E-state index contributed by atoms with van der Waals surface area (Å²) in [6, 6.07) is 2.08. The number of rotatable bonds is 1. The van der Waals surface area contributed by atoms with E-state index in [1.807, 2.05) is 18.0 Å². The van der Waals surface area contributed by atoms with Crippen molar-refractivity contribution in [3.63, 3.8) is 0 Å². The lowest BCUT2D eigenvalue weighted by Crippen LogP contribution is -2.34. The van der Waals surface area contributed by atoms with Gasteiger partial charge < -0.3 is 9.80 Å². The number of hydrogen-bond acceptors (Lipinski definition) is 3. The van der Waals surface area contributed by atoms with E-state index >= 15 is 0 Å². The summed E-state index contributed by atoms with van der Waals surface area (Å²) in [7, 11) is 0. The molecule has 1 fully saturated rings. The average Bonchev–Trinajstić information content (AvgIpc) is 2.54. The lowest BCUT2D eigenvalue weighted by atomic mass is 10.3. The standard InChI is InChI=1S/C13H18BrN3O/c1-10-8-12(14)13(15-9-10)17-5-3-4-16(6-7-17)11(2)18/h8-9H,3-7H2,1-2H3. The molecule has 0 spiro atoms. The first-order valence-electron chi connectivity index (χ1n) is 6.20. The molecule has 0 atom stereocenters. The van der Waals surface area contributed by atoms with Crippen LogP contribution < -0.4 is 4.90 Å². The van der Waals surface area contributed by atoms with Crippen molar-refractivity contribution in [1.29, 1.82) is 0 Å². The van der Waals surface area contributed by atoms with Crippen molar-refractivity contribution < 1.29 is 4.79 Å². The third-order valence-corrected chi connectivity index (χ3v) is 3.78. The van der Waals surface area contributed by atoms with Gasteiger partial charge in [0, 0.05) is 39.3 Å². The average molecular weight is 312 g/mol. The van der Waals surface area contributed by atoms with E-state index in [0.717, 1.165) is 48.5 Å². The molecule has 1 aromatic heterocycles. The molecule has 1 saturated heterocycles. The van der Waals surface area contributed by atoms with Crippen LogP contribution in [0.5, 0.6) is 0 Å². The van der Waals surface area contributed by atoms with Crippen LogP contribution in [0.3, 0.4) is 0 Å². The predicted octanol–water partition coefficient (Wildman–Crippen LogP) is 2.21. The fourth-order valence-electron chi connectivity index (χ4n) is 2.20. The van der Waals surface area contributed by atoms with Gasteiger partial charge in [-0.3, -0.25) is 4.79 Å². The quantitative estimate of drug-likeness (QED) is 0.798. The minimum absolute atomic E-state index is 0.160. The molecule has 0 aromatic carbocycles. The molecule has 0 unspecified atom stereocenters. The number of anilines is 1. The first-order valence-corrected chi connectivity index (χ1v) is 7.00. The molecular weight excluding hydrogens is 294 g/mol. The Hall–Kier alpha value is -1.10. The molecule has 5 heteroatoms. The molecule has 98 valence electrons. The topological polar surface area (TPSA) is 36.4 Å². The van der Waals surface area contributed by atoms with Crippen LogP contribution in [0.25, 0.3) is 0 Å². The van der Waals surface area contributed by atoms with E-state index in [1.54, 1.807) is 6.92 Å². The molecule has 2 heterocycles. The van der Waals surface area contributed by atoms with Crippen molar-refractivity contribution in [3.8, 4) is 0 Å². The molecule has 2 rings (SSSR count). The summed E-state index contributed by atoms with van der Waals surface area (Å²) in [5.74, 6) is 1.14. The van der Waals surface area contributed by atoms with E-state index in [1.165, 1.54) is 0 Å². The van der Waals surface area contributed by atoms with E-state index in [9.17, 15) is 4.79 Å². The molecule has 1 amide bonds. The normalized spacial score (nSPS) is 16.6. The maximum Gasteiger partial charge on any atom is 0.219 e. The summed E-state index contributed by atoms with van der Waals surface area (Å²) >= 11 is 3.57. The Morgan fingerprint density at radius 1 is 1.33 bits per heavy atom. The molecule has 0 radical (unpaired) electrons. The minimum Gasteiger partial charge on any atom is -0.354 e. The second-order valence-corrected chi connectivity index (χ2v) is 5.52. The van der Waals surface area contributed by atoms with Gasteiger partial charge in [-0.15, -0.1) is 0 Å². The zero-order chi connectivity index (χ0) is 13.1. The number of carbonyl (C=O) groups is 1. The molecule has 1 aliphatic heterocycles. The Bertz CT molecular complexity index is 450. The second kappa shape index (κ2) is 5.69. The monoisotopic (exact) mass is 311 g/mol. The van der Waals surface area contributed by atoms with Gasteiger partial charge in [0.05, 0.1) is 4.47 Å². The van der Waals surface area contributed by atoms with Crippen LogP contribution in [-0.4, -0.2) is 42.0 Å². The van der Waals surface area contributed by atoms with Crippen LogP contribution in [0.1, 0.15) is 18.9 Å². The van der Waals surface area contributed by atoms with Crippen LogP contribution in [-0.2, 0) is 4.79 Å². The zero-order valence-electron chi connectivity index (χ0n) is 10.8. The van der Waals surface area contributed by atoms with E-state index < -0.39 is 0 Å². The Kier molecular flexibility index (Phi) is 4.22. The maximum atomic E-state index is 11.4. The van der Waals surface area contributed by atoms with E-state index in [0.29, 0.717) is 0 Å². The van der Waals surface area contributed by atoms with Crippen molar-refractivity contribution in [2.24, 2.45) is 0 Å². The summed E-state index contributed by atoms with van der Waals surface area (Å²) in [5.41, 5.74) is 1.14. The highest BCUT2D eigenvalue weighted by molar-refractivity contribution is 9.10. The fourth-order valence-corrected chi connectivity index (χ4v) is 2.92. The molecule has 4 nitrogen and oxygen atoms in total. The van der Waals surface area contributed by atoms with Crippen LogP contribution in [0.15, 0.2) is 16.7 Å². The van der Waals surface area contributed by atoms with Gasteiger partial charge in [-0.1, -0.05) is 0 Å². The Morgan fingerprint density at radius 3 is 2.78 bits per heavy atom. The predicted molar refractivity (Wildman–Crippen MR) is 75.8 cm³/mol. The number of pyridine rings is 1. The molecule has 0 bridgehead atoms. The Balaban J connectivity index is 2.12. The summed E-state index contributed by atoms with van der Waals surface area (Å²) in [6.45, 7) is 7.07. The van der Waals surface area contributed by atoms with Crippen LogP contribution in [0.2, 0.25) is 0 Å². The number of carbonyl (C=O) groups excluding carboxylic acids is 1. The summed E-state index contributed by atoms with van der Waals surface area (Å²) in [6.07, 6.45) is 2.87. The number of amides is 1. The van der Waals surface area contributed by atoms with Crippen molar-refractivity contribution in [3.05, 3.63) is 22.3 Å². The van der Waals surface area contributed by atoms with Gasteiger partial charge in [0.1, 0.15) is 5.82 Å². The summed E-state index contributed by atoms with van der Waals surface area (Å²) in [5, 5.41) is 0. The summed E-state index contributed by atoms with van der Waals surface area (Å²) in [4.78, 5) is 20.0. The number of aromatic nitrogens is 1. The highest BCUT2D eigenvalue weighted by Crippen LogP contribution is 2.25. The van der Waals surface area contributed by atoms with Crippen LogP contribution in [0, 0.1) is 6.92 Å². The second-order valence-electron chi connectivity index (χ2n) is 4.66. The van der Waals surface area contributed by atoms with Crippen LogP contribution >= 0.6 is 15.9 Å². The van der Waals surface area contributed by atoms with Gasteiger partial charge in [0.15, 0.2) is 0 Å². The lowest BCUT2D eigenvalue weighted by molar-refractivity contribution is -0.128. The fraction of sp³-hybridized carbons (Fsp3) is 0.538. The smallest absolute Gasteiger partial charge is 0.219 e. The third-order valence-electron chi connectivity index (χ3n) is 3.20. The number of aryl methyl sites for hydroxylation is 1. The number of halogens is 1. The number of hydrogen-bond donors (Lipinski definition) is 0. The van der Waals surface area contributed by atoms with E-state index in [4.69, 9.17) is 0 Å². The zero-order valence-corrected chi connectivity index (χ0v) is 12.4. The van der Waals surface area contributed by atoms with Gasteiger partial charge in [0.25, 0.3) is 0 Å². The van der Waals surface area contributed by atoms with Crippen molar-refractivity contribution in [2.45, 2.75) is 20.3 Å². The third kappa shape index (κ3) is 3.02. The van der Waals surface area contributed by atoms with Crippen LogP contribution in [0.4, 0.5) is 5.82 Å². The van der Waals surface area contributed by atoms with Crippen molar-refractivity contribution in [1.82, 2.24) is 9.88 Å². The Labute approximate surface area is 116 Å². The molecule has 1 aliphatic rings. The minimum atomic E-state index is 0.160. The van der Waals surface area contributed by atoms with E-state index in [-0.39, 0.29) is 5.91 Å². The molecule has 0 aliphatic carbocycles. The van der Waals surface area contributed by atoms with Crippen molar-refractivity contribution in [2.75, 3.05) is 31.1 Å². The molecular formula is C13H18BrN3O. The van der Waals surface area contributed by atoms with Crippen molar-refractivity contribution >= 4 is 27.7 Å². The van der Waals surface area contributed by atoms with Gasteiger partial charge in [0.2, 0.25) is 5.91 Å². The lowest BCUT2D eigenvalue weighted by Gasteiger charge is -2.23. The van der Waals surface area contributed by atoms with E-state index in [2.05, 4.69) is 31.9 Å². The molecule has 1 aromatic rings. The number of nitrogens with zero attached hydrogens (tertiary/aromatic N) is 3. The first-order chi connectivity index (χ1) is 8.58. The van der Waals surface area contributed by atoms with Gasteiger partial charge in [-0.25, -0.2) is 4.98 Å². The van der Waals surface area contributed by atoms with Gasteiger partial charge in [-0.2, -0.15) is 0 Å². The SMILES string of the molecule is CC(=O)N1CCCN(c2ncc(C)cc2Br)CC1. The first kappa shape index (κ1) is 13.3. The summed E-state index contributed by atoms with van der Waals surface area (Å²) < 4.78 is 1.03. The van der Waals surface area contributed by atoms with Gasteiger partial charge in [-0.05, 0) is 40.9 Å². The molecule has 18 heavy (non-hydrogen) atoms. The highest BCUT2D eigenvalue weighted by Gasteiger charge is 2.18. The largest absolute Gasteiger partial charge is 0.354 e. The molecule has 0 N–H and O–H groups in total. The Morgan fingerprint density at radius 2 is 2.11 bits per heavy atom. The maximum absolute atomic E-state index is 11.4. The highest BCUT2D eigenvalue weighted by atomic mass is 79.9. The molecule has 0 saturated carbocycles. The van der Waals surface area contributed by atoms with Gasteiger partial charge >= 0.3 is 0 Å².